The minimum Gasteiger partial charge on any atom is -0.462 e. The van der Waals surface area contributed by atoms with Crippen LogP contribution < -0.4 is 4.31 Å². The van der Waals surface area contributed by atoms with Crippen molar-refractivity contribution >= 4 is 38.8 Å². The van der Waals surface area contributed by atoms with E-state index in [9.17, 15) is 23.1 Å². The Morgan fingerprint density at radius 2 is 1.91 bits per heavy atom. The SMILES string of the molecule is CCCCCC(O)c1ccc(N2C(COCc3ccc(C(=O)OCC)s3)C(=O)CS2(=O)=O)cc1. The maximum absolute atomic E-state index is 12.7. The molecule has 2 atom stereocenters. The van der Waals surface area contributed by atoms with Gasteiger partial charge in [0.15, 0.2) is 5.78 Å². The molecule has 3 rings (SSSR count). The Hall–Kier alpha value is -2.27. The van der Waals surface area contributed by atoms with Crippen LogP contribution in [0.25, 0.3) is 0 Å². The minimum atomic E-state index is -3.81. The molecule has 1 saturated heterocycles. The number of anilines is 1. The maximum Gasteiger partial charge on any atom is 0.348 e. The first kappa shape index (κ1) is 26.3. The largest absolute Gasteiger partial charge is 0.462 e. The summed E-state index contributed by atoms with van der Waals surface area (Å²) in [6.07, 6.45) is 3.06. The monoisotopic (exact) mass is 509 g/mol. The van der Waals surface area contributed by atoms with Gasteiger partial charge in [0.1, 0.15) is 16.7 Å². The smallest absolute Gasteiger partial charge is 0.348 e. The van der Waals surface area contributed by atoms with E-state index < -0.39 is 39.7 Å². The van der Waals surface area contributed by atoms with Crippen molar-refractivity contribution in [2.45, 2.75) is 58.3 Å². The number of thiophene rings is 1. The van der Waals surface area contributed by atoms with Gasteiger partial charge < -0.3 is 14.6 Å². The Labute approximate surface area is 204 Å². The fraction of sp³-hybridized carbons (Fsp3) is 0.500. The Balaban J connectivity index is 1.65. The van der Waals surface area contributed by atoms with Crippen molar-refractivity contribution in [2.24, 2.45) is 0 Å². The second kappa shape index (κ2) is 11.9. The summed E-state index contributed by atoms with van der Waals surface area (Å²) in [4.78, 5) is 25.5. The average Bonchev–Trinajstić information content (AvgIpc) is 3.36. The van der Waals surface area contributed by atoms with Gasteiger partial charge in [-0.3, -0.25) is 9.10 Å². The Morgan fingerprint density at radius 3 is 2.59 bits per heavy atom. The maximum atomic E-state index is 12.7. The van der Waals surface area contributed by atoms with Crippen LogP contribution in [0.1, 0.15) is 65.7 Å². The van der Waals surface area contributed by atoms with Crippen LogP contribution in [0.4, 0.5) is 5.69 Å². The van der Waals surface area contributed by atoms with Gasteiger partial charge in [-0.2, -0.15) is 0 Å². The van der Waals surface area contributed by atoms with Gasteiger partial charge in [-0.25, -0.2) is 13.2 Å². The summed E-state index contributed by atoms with van der Waals surface area (Å²) >= 11 is 1.23. The summed E-state index contributed by atoms with van der Waals surface area (Å²) in [6, 6.07) is 9.06. The van der Waals surface area contributed by atoms with Crippen molar-refractivity contribution < 1.29 is 32.6 Å². The Kier molecular flexibility index (Phi) is 9.24. The molecule has 2 unspecified atom stereocenters. The van der Waals surface area contributed by atoms with Gasteiger partial charge in [-0.1, -0.05) is 38.3 Å². The summed E-state index contributed by atoms with van der Waals surface area (Å²) in [5.41, 5.74) is 1.08. The minimum absolute atomic E-state index is 0.105. The van der Waals surface area contributed by atoms with E-state index in [0.29, 0.717) is 22.5 Å². The fourth-order valence-electron chi connectivity index (χ4n) is 3.81. The predicted octanol–water partition coefficient (Wildman–Crippen LogP) is 3.84. The van der Waals surface area contributed by atoms with E-state index in [4.69, 9.17) is 9.47 Å². The molecule has 34 heavy (non-hydrogen) atoms. The lowest BCUT2D eigenvalue weighted by atomic mass is 10.0. The van der Waals surface area contributed by atoms with Gasteiger partial charge in [0, 0.05) is 4.88 Å². The standard InChI is InChI=1S/C24H31NO7S2/c1-3-5-6-7-21(26)17-8-10-18(11-9-17)25-20(22(27)16-34(25,29)30)15-31-14-19-12-13-23(33-19)24(28)32-4-2/h8-13,20-21,26H,3-7,14-16H2,1-2H3. The number of esters is 1. The molecular weight excluding hydrogens is 478 g/mol. The van der Waals surface area contributed by atoms with Crippen LogP contribution in [0, 0.1) is 0 Å². The molecule has 1 fully saturated rings. The third-order valence-corrected chi connectivity index (χ3v) is 8.30. The lowest BCUT2D eigenvalue weighted by Gasteiger charge is -2.24. The topological polar surface area (TPSA) is 110 Å². The number of aliphatic hydroxyl groups is 1. The van der Waals surface area contributed by atoms with Crippen LogP contribution in [-0.2, 0) is 30.9 Å². The molecule has 10 heteroatoms. The lowest BCUT2D eigenvalue weighted by Crippen LogP contribution is -2.39. The number of carbonyl (C=O) groups excluding carboxylic acids is 2. The highest BCUT2D eigenvalue weighted by molar-refractivity contribution is 7.94. The molecule has 0 radical (unpaired) electrons. The molecule has 1 N–H and O–H groups in total. The number of carbonyl (C=O) groups is 2. The summed E-state index contributed by atoms with van der Waals surface area (Å²) in [7, 11) is -3.81. The molecule has 1 aromatic carbocycles. The number of ether oxygens (including phenoxy) is 2. The molecule has 1 aromatic heterocycles. The van der Waals surface area contributed by atoms with Crippen molar-refractivity contribution in [1.82, 2.24) is 0 Å². The van der Waals surface area contributed by atoms with Gasteiger partial charge in [-0.05, 0) is 43.2 Å². The van der Waals surface area contributed by atoms with Crippen LogP contribution in [0.3, 0.4) is 0 Å². The van der Waals surface area contributed by atoms with E-state index in [1.807, 2.05) is 0 Å². The normalized spacial score (nSPS) is 18.3. The third kappa shape index (κ3) is 6.44. The van der Waals surface area contributed by atoms with Crippen LogP contribution in [0.2, 0.25) is 0 Å². The first-order valence-corrected chi connectivity index (χ1v) is 13.9. The van der Waals surface area contributed by atoms with E-state index in [0.717, 1.165) is 28.4 Å². The first-order chi connectivity index (χ1) is 16.3. The van der Waals surface area contributed by atoms with Crippen molar-refractivity contribution in [3.05, 3.63) is 51.7 Å². The number of unbranched alkanes of at least 4 members (excludes halogenated alkanes) is 2. The molecule has 1 aliphatic heterocycles. The van der Waals surface area contributed by atoms with E-state index in [1.165, 1.54) is 11.3 Å². The number of sulfonamides is 1. The molecule has 0 aliphatic carbocycles. The van der Waals surface area contributed by atoms with Crippen LogP contribution in [-0.4, -0.2) is 50.3 Å². The van der Waals surface area contributed by atoms with Crippen LogP contribution >= 0.6 is 11.3 Å². The van der Waals surface area contributed by atoms with E-state index in [2.05, 4.69) is 6.92 Å². The second-order valence-electron chi connectivity index (χ2n) is 8.14. The molecule has 8 nitrogen and oxygen atoms in total. The molecule has 0 amide bonds. The molecule has 2 heterocycles. The Morgan fingerprint density at radius 1 is 1.18 bits per heavy atom. The van der Waals surface area contributed by atoms with Crippen molar-refractivity contribution in [1.29, 1.82) is 0 Å². The molecular formula is C24H31NO7S2. The van der Waals surface area contributed by atoms with Gasteiger partial charge in [0.25, 0.3) is 0 Å². The Bertz CT molecular complexity index is 1080. The lowest BCUT2D eigenvalue weighted by molar-refractivity contribution is -0.118. The first-order valence-electron chi connectivity index (χ1n) is 11.4. The van der Waals surface area contributed by atoms with E-state index >= 15 is 0 Å². The summed E-state index contributed by atoms with van der Waals surface area (Å²) < 4.78 is 37.2. The summed E-state index contributed by atoms with van der Waals surface area (Å²) in [5, 5.41) is 10.4. The van der Waals surface area contributed by atoms with Gasteiger partial charge >= 0.3 is 5.97 Å². The highest BCUT2D eigenvalue weighted by atomic mass is 32.2. The molecule has 1 aliphatic rings. The highest BCUT2D eigenvalue weighted by Crippen LogP contribution is 2.30. The van der Waals surface area contributed by atoms with Gasteiger partial charge in [0.2, 0.25) is 10.0 Å². The van der Waals surface area contributed by atoms with Crippen LogP contribution in [0.5, 0.6) is 0 Å². The van der Waals surface area contributed by atoms with Gasteiger partial charge in [-0.15, -0.1) is 11.3 Å². The zero-order valence-electron chi connectivity index (χ0n) is 19.4. The molecule has 186 valence electrons. The van der Waals surface area contributed by atoms with E-state index in [1.54, 1.807) is 43.3 Å². The zero-order valence-corrected chi connectivity index (χ0v) is 21.1. The van der Waals surface area contributed by atoms with Crippen molar-refractivity contribution in [2.75, 3.05) is 23.3 Å². The second-order valence-corrected chi connectivity index (χ2v) is 11.2. The molecule has 0 saturated carbocycles. The number of rotatable bonds is 12. The van der Waals surface area contributed by atoms with Crippen molar-refractivity contribution in [3.63, 3.8) is 0 Å². The van der Waals surface area contributed by atoms with Gasteiger partial charge in [0.05, 0.1) is 31.6 Å². The average molecular weight is 510 g/mol. The quantitative estimate of drug-likeness (QED) is 0.342. The summed E-state index contributed by atoms with van der Waals surface area (Å²) in [6.45, 7) is 4.16. The molecule has 2 aromatic rings. The number of aliphatic hydroxyl groups excluding tert-OH is 1. The van der Waals surface area contributed by atoms with Crippen molar-refractivity contribution in [3.8, 4) is 0 Å². The zero-order chi connectivity index (χ0) is 24.7. The number of ketones is 1. The number of nitrogens with zero attached hydrogens (tertiary/aromatic N) is 1. The molecule has 0 bridgehead atoms. The highest BCUT2D eigenvalue weighted by Gasteiger charge is 2.44. The molecule has 0 spiro atoms. The predicted molar refractivity (Wildman–Crippen MR) is 131 cm³/mol. The number of benzene rings is 1. The number of hydrogen-bond acceptors (Lipinski definition) is 8. The summed E-state index contributed by atoms with van der Waals surface area (Å²) in [5.74, 6) is -1.41. The number of hydrogen-bond donors (Lipinski definition) is 1. The third-order valence-electron chi connectivity index (χ3n) is 5.55. The fourth-order valence-corrected chi connectivity index (χ4v) is 6.35. The van der Waals surface area contributed by atoms with Crippen LogP contribution in [0.15, 0.2) is 36.4 Å². The number of Topliss-reactive ketones (excluding diaryl/α,β-unsaturated/α-hetero) is 1. The van der Waals surface area contributed by atoms with E-state index in [-0.39, 0.29) is 19.8 Å².